The molecule has 2 aliphatic rings. The number of morpholine rings is 1. The molecule has 0 radical (unpaired) electrons. The van der Waals surface area contributed by atoms with Crippen molar-refractivity contribution in [3.05, 3.63) is 0 Å². The van der Waals surface area contributed by atoms with Gasteiger partial charge in [-0.15, -0.1) is 0 Å². The van der Waals surface area contributed by atoms with Crippen LogP contribution < -0.4 is 0 Å². The molecule has 1 saturated carbocycles. The Morgan fingerprint density at radius 1 is 1.31 bits per heavy atom. The van der Waals surface area contributed by atoms with Gasteiger partial charge in [-0.25, -0.2) is 0 Å². The van der Waals surface area contributed by atoms with Crippen molar-refractivity contribution >= 4 is 0 Å². The van der Waals surface area contributed by atoms with Crippen LogP contribution in [0.25, 0.3) is 0 Å². The van der Waals surface area contributed by atoms with Crippen LogP contribution in [-0.4, -0.2) is 36.2 Å². The first-order valence-electron chi connectivity index (χ1n) is 5.69. The maximum Gasteiger partial charge on any atom is 0.0703 e. The molecule has 0 spiro atoms. The van der Waals surface area contributed by atoms with Gasteiger partial charge in [0.05, 0.1) is 12.2 Å². The summed E-state index contributed by atoms with van der Waals surface area (Å²) < 4.78 is 5.84. The molecule has 1 saturated heterocycles. The van der Waals surface area contributed by atoms with E-state index < -0.39 is 0 Å². The van der Waals surface area contributed by atoms with E-state index >= 15 is 0 Å². The molecule has 0 N–H and O–H groups in total. The molecule has 13 heavy (non-hydrogen) atoms. The van der Waals surface area contributed by atoms with Crippen LogP contribution in [0.15, 0.2) is 0 Å². The smallest absolute Gasteiger partial charge is 0.0703 e. The highest BCUT2D eigenvalue weighted by atomic mass is 16.5. The zero-order valence-electron chi connectivity index (χ0n) is 8.83. The maximum atomic E-state index is 5.84. The second-order valence-corrected chi connectivity index (χ2v) is 4.52. The van der Waals surface area contributed by atoms with Crippen LogP contribution in [0.4, 0.5) is 0 Å². The second-order valence-electron chi connectivity index (χ2n) is 4.52. The Morgan fingerprint density at radius 3 is 2.62 bits per heavy atom. The minimum atomic E-state index is 0.444. The minimum absolute atomic E-state index is 0.444. The van der Waals surface area contributed by atoms with Gasteiger partial charge >= 0.3 is 0 Å². The van der Waals surface area contributed by atoms with Crippen molar-refractivity contribution in [3.63, 3.8) is 0 Å². The van der Waals surface area contributed by atoms with E-state index in [4.69, 9.17) is 4.74 Å². The van der Waals surface area contributed by atoms with Crippen LogP contribution in [0.3, 0.4) is 0 Å². The van der Waals surface area contributed by atoms with Crippen molar-refractivity contribution in [2.45, 2.75) is 57.8 Å². The molecule has 0 aromatic carbocycles. The molecule has 2 fully saturated rings. The fourth-order valence-electron chi connectivity index (χ4n) is 2.36. The highest BCUT2D eigenvalue weighted by molar-refractivity contribution is 4.85. The van der Waals surface area contributed by atoms with E-state index in [1.807, 2.05) is 0 Å². The normalized spacial score (nSPS) is 37.4. The Kier molecular flexibility index (Phi) is 2.89. The van der Waals surface area contributed by atoms with Crippen LogP contribution in [-0.2, 0) is 4.74 Å². The summed E-state index contributed by atoms with van der Waals surface area (Å²) in [5.41, 5.74) is 0. The van der Waals surface area contributed by atoms with Crippen molar-refractivity contribution in [2.24, 2.45) is 0 Å². The van der Waals surface area contributed by atoms with Crippen molar-refractivity contribution in [3.8, 4) is 0 Å². The van der Waals surface area contributed by atoms with Crippen molar-refractivity contribution in [1.82, 2.24) is 4.90 Å². The molecule has 2 rings (SSSR count). The van der Waals surface area contributed by atoms with Crippen LogP contribution >= 0.6 is 0 Å². The Morgan fingerprint density at radius 2 is 2.08 bits per heavy atom. The monoisotopic (exact) mass is 183 g/mol. The average molecular weight is 183 g/mol. The van der Waals surface area contributed by atoms with E-state index in [1.54, 1.807) is 0 Å². The minimum Gasteiger partial charge on any atom is -0.373 e. The van der Waals surface area contributed by atoms with Crippen molar-refractivity contribution in [1.29, 1.82) is 0 Å². The van der Waals surface area contributed by atoms with E-state index in [2.05, 4.69) is 18.7 Å². The Bertz CT molecular complexity index is 167. The second kappa shape index (κ2) is 3.97. The van der Waals surface area contributed by atoms with Gasteiger partial charge in [0.15, 0.2) is 0 Å². The summed E-state index contributed by atoms with van der Waals surface area (Å²) in [7, 11) is 0. The quantitative estimate of drug-likeness (QED) is 0.649. The summed E-state index contributed by atoms with van der Waals surface area (Å²) in [6.45, 7) is 6.75. The Balaban J connectivity index is 1.88. The molecule has 2 nitrogen and oxygen atoms in total. The Hall–Kier alpha value is -0.0800. The van der Waals surface area contributed by atoms with Gasteiger partial charge in [0.2, 0.25) is 0 Å². The van der Waals surface area contributed by atoms with Gasteiger partial charge in [-0.05, 0) is 26.2 Å². The SMILES string of the molecule is CCC1CN(C2CCC2)CC(C)O1. The maximum absolute atomic E-state index is 5.84. The molecular weight excluding hydrogens is 162 g/mol. The van der Waals surface area contributed by atoms with Gasteiger partial charge in [0.25, 0.3) is 0 Å². The lowest BCUT2D eigenvalue weighted by atomic mass is 9.90. The van der Waals surface area contributed by atoms with E-state index in [-0.39, 0.29) is 0 Å². The fraction of sp³-hybridized carbons (Fsp3) is 1.00. The van der Waals surface area contributed by atoms with E-state index in [1.165, 1.54) is 25.8 Å². The fourth-order valence-corrected chi connectivity index (χ4v) is 2.36. The molecule has 2 atom stereocenters. The number of hydrogen-bond acceptors (Lipinski definition) is 2. The van der Waals surface area contributed by atoms with E-state index in [0.29, 0.717) is 12.2 Å². The predicted molar refractivity (Wildman–Crippen MR) is 53.8 cm³/mol. The third-order valence-corrected chi connectivity index (χ3v) is 3.40. The van der Waals surface area contributed by atoms with Crippen LogP contribution in [0.1, 0.15) is 39.5 Å². The standard InChI is InChI=1S/C11H21NO/c1-3-11-8-12(7-9(2)13-11)10-5-4-6-10/h9-11H,3-8H2,1-2H3. The first kappa shape index (κ1) is 9.47. The van der Waals surface area contributed by atoms with Crippen molar-refractivity contribution < 1.29 is 4.74 Å². The van der Waals surface area contributed by atoms with E-state index in [9.17, 15) is 0 Å². The predicted octanol–water partition coefficient (Wildman–Crippen LogP) is 2.04. The molecule has 2 unspecified atom stereocenters. The lowest BCUT2D eigenvalue weighted by molar-refractivity contribution is -0.0977. The Labute approximate surface area is 81.3 Å². The lowest BCUT2D eigenvalue weighted by Crippen LogP contribution is -2.52. The highest BCUT2D eigenvalue weighted by Gasteiger charge is 2.31. The van der Waals surface area contributed by atoms with Crippen molar-refractivity contribution in [2.75, 3.05) is 13.1 Å². The summed E-state index contributed by atoms with van der Waals surface area (Å²) in [6, 6.07) is 0.889. The average Bonchev–Trinajstić information content (AvgIpc) is 2.00. The first-order chi connectivity index (χ1) is 6.29. The van der Waals surface area contributed by atoms with Gasteiger partial charge in [0.1, 0.15) is 0 Å². The van der Waals surface area contributed by atoms with E-state index in [0.717, 1.165) is 19.0 Å². The lowest BCUT2D eigenvalue weighted by Gasteiger charge is -2.44. The third-order valence-electron chi connectivity index (χ3n) is 3.40. The highest BCUT2D eigenvalue weighted by Crippen LogP contribution is 2.27. The topological polar surface area (TPSA) is 12.5 Å². The van der Waals surface area contributed by atoms with Crippen LogP contribution in [0.5, 0.6) is 0 Å². The molecule has 0 aromatic rings. The zero-order valence-corrected chi connectivity index (χ0v) is 8.83. The van der Waals surface area contributed by atoms with Gasteiger partial charge in [-0.1, -0.05) is 13.3 Å². The summed E-state index contributed by atoms with van der Waals surface area (Å²) >= 11 is 0. The summed E-state index contributed by atoms with van der Waals surface area (Å²) in [5.74, 6) is 0. The number of ether oxygens (including phenoxy) is 1. The van der Waals surface area contributed by atoms with Gasteiger partial charge in [-0.3, -0.25) is 4.90 Å². The molecule has 76 valence electrons. The zero-order chi connectivity index (χ0) is 9.26. The largest absolute Gasteiger partial charge is 0.373 e. The van der Waals surface area contributed by atoms with Gasteiger partial charge in [-0.2, -0.15) is 0 Å². The van der Waals surface area contributed by atoms with Crippen LogP contribution in [0, 0.1) is 0 Å². The molecule has 1 aliphatic heterocycles. The molecule has 0 amide bonds. The summed E-state index contributed by atoms with van der Waals surface area (Å²) in [4.78, 5) is 2.64. The number of rotatable bonds is 2. The molecule has 0 bridgehead atoms. The third kappa shape index (κ3) is 2.05. The summed E-state index contributed by atoms with van der Waals surface area (Å²) in [6.07, 6.45) is 6.37. The first-order valence-corrected chi connectivity index (χ1v) is 5.69. The molecule has 0 aromatic heterocycles. The number of hydrogen-bond donors (Lipinski definition) is 0. The van der Waals surface area contributed by atoms with Crippen LogP contribution in [0.2, 0.25) is 0 Å². The number of nitrogens with zero attached hydrogens (tertiary/aromatic N) is 1. The van der Waals surface area contributed by atoms with Gasteiger partial charge in [0, 0.05) is 19.1 Å². The molecule has 2 heteroatoms. The molecule has 1 aliphatic carbocycles. The van der Waals surface area contributed by atoms with Gasteiger partial charge < -0.3 is 4.74 Å². The molecule has 1 heterocycles. The summed E-state index contributed by atoms with van der Waals surface area (Å²) in [5, 5.41) is 0. The molecular formula is C11H21NO.